The molecule has 1 rings (SSSR count). The summed E-state index contributed by atoms with van der Waals surface area (Å²) >= 11 is 7.11. The summed E-state index contributed by atoms with van der Waals surface area (Å²) < 4.78 is 0. The van der Waals surface area contributed by atoms with Crippen molar-refractivity contribution in [1.82, 2.24) is 0 Å². The second kappa shape index (κ2) is 9.88. The summed E-state index contributed by atoms with van der Waals surface area (Å²) in [5, 5.41) is 20.9. The van der Waals surface area contributed by atoms with E-state index in [1.807, 2.05) is 19.9 Å². The zero-order chi connectivity index (χ0) is 19.3. The fraction of sp³-hybridized carbons (Fsp3) is 0.737. The summed E-state index contributed by atoms with van der Waals surface area (Å²) in [4.78, 5) is 12.1. The number of rotatable bonds is 8. The molecule has 0 aliphatic heterocycles. The van der Waals surface area contributed by atoms with E-state index in [1.165, 1.54) is 11.8 Å². The number of carbonyl (C=O) groups is 1. The summed E-state index contributed by atoms with van der Waals surface area (Å²) in [6.07, 6.45) is 1.78. The van der Waals surface area contributed by atoms with Crippen LogP contribution in [0.15, 0.2) is 22.8 Å². The number of hydrogen-bond donors (Lipinski definition) is 3. The van der Waals surface area contributed by atoms with Gasteiger partial charge in [0.2, 0.25) is 5.12 Å². The SMILES string of the molecule is CC1=C(C(C)(C)C)C(C)(O)CC(C[C@H](O)C(=O)SCCSCCS)=C1. The predicted octanol–water partition coefficient (Wildman–Crippen LogP) is 4.10. The molecule has 1 aliphatic carbocycles. The quantitative estimate of drug-likeness (QED) is 0.420. The molecular weight excluding hydrogens is 372 g/mol. The molecule has 0 radical (unpaired) electrons. The van der Waals surface area contributed by atoms with E-state index in [0.29, 0.717) is 18.6 Å². The maximum Gasteiger partial charge on any atom is 0.217 e. The van der Waals surface area contributed by atoms with Gasteiger partial charge < -0.3 is 10.2 Å². The molecule has 0 fully saturated rings. The highest BCUT2D eigenvalue weighted by Gasteiger charge is 2.38. The molecule has 0 saturated heterocycles. The number of aliphatic hydroxyl groups excluding tert-OH is 1. The van der Waals surface area contributed by atoms with E-state index in [2.05, 4.69) is 33.4 Å². The smallest absolute Gasteiger partial charge is 0.217 e. The van der Waals surface area contributed by atoms with E-state index in [9.17, 15) is 15.0 Å². The van der Waals surface area contributed by atoms with E-state index in [-0.39, 0.29) is 10.5 Å². The average Bonchev–Trinajstić information content (AvgIpc) is 2.43. The monoisotopic (exact) mass is 404 g/mol. The third-order valence-electron chi connectivity index (χ3n) is 4.11. The lowest BCUT2D eigenvalue weighted by Crippen LogP contribution is -2.37. The van der Waals surface area contributed by atoms with Crippen molar-refractivity contribution in [3.8, 4) is 0 Å². The first-order valence-electron chi connectivity index (χ1n) is 8.66. The van der Waals surface area contributed by atoms with Gasteiger partial charge in [0.1, 0.15) is 6.10 Å². The molecule has 6 heteroatoms. The molecule has 0 aromatic rings. The highest BCUT2D eigenvalue weighted by atomic mass is 32.2. The average molecular weight is 405 g/mol. The van der Waals surface area contributed by atoms with Gasteiger partial charge in [-0.2, -0.15) is 24.4 Å². The van der Waals surface area contributed by atoms with Crippen LogP contribution >= 0.6 is 36.2 Å². The van der Waals surface area contributed by atoms with Crippen LogP contribution in [-0.2, 0) is 4.79 Å². The van der Waals surface area contributed by atoms with E-state index in [4.69, 9.17) is 0 Å². The van der Waals surface area contributed by atoms with E-state index in [1.54, 1.807) is 11.8 Å². The van der Waals surface area contributed by atoms with Gasteiger partial charge in [-0.25, -0.2) is 0 Å². The first-order valence-corrected chi connectivity index (χ1v) is 11.4. The fourth-order valence-corrected chi connectivity index (χ4v) is 5.71. The standard InChI is InChI=1S/C19H32O3S3/c1-13-10-14(12-19(5,22)16(13)18(2,3)4)11-15(20)17(21)25-9-8-24-7-6-23/h10,15,20,22-23H,6-9,11-12H2,1-5H3/t15-,19?/m0/s1. The number of thioether (sulfide) groups is 2. The van der Waals surface area contributed by atoms with Crippen molar-refractivity contribution in [1.29, 1.82) is 0 Å². The van der Waals surface area contributed by atoms with Crippen LogP contribution in [0.3, 0.4) is 0 Å². The molecule has 0 aromatic heterocycles. The van der Waals surface area contributed by atoms with Crippen molar-refractivity contribution in [2.24, 2.45) is 5.41 Å². The van der Waals surface area contributed by atoms with Crippen LogP contribution in [0.4, 0.5) is 0 Å². The Hall–Kier alpha value is 0.120. The normalized spacial score (nSPS) is 22.8. The summed E-state index contributed by atoms with van der Waals surface area (Å²) in [5.41, 5.74) is 1.94. The summed E-state index contributed by atoms with van der Waals surface area (Å²) in [6.45, 7) is 10.1. The molecule has 2 N–H and O–H groups in total. The third-order valence-corrected chi connectivity index (χ3v) is 6.85. The Labute approximate surface area is 166 Å². The van der Waals surface area contributed by atoms with Gasteiger partial charge >= 0.3 is 0 Å². The van der Waals surface area contributed by atoms with Gasteiger partial charge in [-0.3, -0.25) is 4.79 Å². The first kappa shape index (κ1) is 23.2. The molecule has 25 heavy (non-hydrogen) atoms. The van der Waals surface area contributed by atoms with Gasteiger partial charge in [0.25, 0.3) is 0 Å². The van der Waals surface area contributed by atoms with Crippen molar-refractivity contribution in [3.05, 3.63) is 22.8 Å². The van der Waals surface area contributed by atoms with Crippen molar-refractivity contribution in [2.75, 3.05) is 23.0 Å². The molecule has 1 aliphatic rings. The van der Waals surface area contributed by atoms with Crippen molar-refractivity contribution in [3.63, 3.8) is 0 Å². The van der Waals surface area contributed by atoms with Gasteiger partial charge in [0, 0.05) is 30.1 Å². The first-order chi connectivity index (χ1) is 11.5. The van der Waals surface area contributed by atoms with Crippen LogP contribution in [0.2, 0.25) is 0 Å². The van der Waals surface area contributed by atoms with Crippen LogP contribution in [-0.4, -0.2) is 50.0 Å². The van der Waals surface area contributed by atoms with Crippen molar-refractivity contribution < 1.29 is 15.0 Å². The zero-order valence-electron chi connectivity index (χ0n) is 16.0. The number of carbonyl (C=O) groups excluding carboxylic acids is 1. The van der Waals surface area contributed by atoms with Gasteiger partial charge in [0.05, 0.1) is 5.60 Å². The molecule has 0 amide bonds. The molecule has 144 valence electrons. The molecule has 3 nitrogen and oxygen atoms in total. The van der Waals surface area contributed by atoms with Crippen LogP contribution in [0.5, 0.6) is 0 Å². The molecule has 1 unspecified atom stereocenters. The number of allylic oxidation sites excluding steroid dienone is 2. The zero-order valence-corrected chi connectivity index (χ0v) is 18.5. The molecule has 0 saturated carbocycles. The number of hydrogen-bond acceptors (Lipinski definition) is 6. The maximum atomic E-state index is 12.1. The lowest BCUT2D eigenvalue weighted by atomic mass is 9.69. The number of aliphatic hydroxyl groups is 2. The minimum atomic E-state index is -1.01. The highest BCUT2D eigenvalue weighted by Crippen LogP contribution is 2.43. The Balaban J connectivity index is 2.67. The molecule has 0 bridgehead atoms. The maximum absolute atomic E-state index is 12.1. The third kappa shape index (κ3) is 7.33. The van der Waals surface area contributed by atoms with Crippen LogP contribution in [0, 0.1) is 5.41 Å². The largest absolute Gasteiger partial charge is 0.385 e. The van der Waals surface area contributed by atoms with Crippen LogP contribution in [0.1, 0.15) is 47.5 Å². The lowest BCUT2D eigenvalue weighted by molar-refractivity contribution is -0.118. The van der Waals surface area contributed by atoms with Crippen LogP contribution < -0.4 is 0 Å². The minimum absolute atomic E-state index is 0.120. The van der Waals surface area contributed by atoms with Crippen molar-refractivity contribution in [2.45, 2.75) is 59.2 Å². The second-order valence-corrected chi connectivity index (χ2v) is 10.6. The Kier molecular flexibility index (Phi) is 9.15. The van der Waals surface area contributed by atoms with E-state index in [0.717, 1.165) is 34.0 Å². The Morgan fingerprint density at radius 1 is 1.36 bits per heavy atom. The van der Waals surface area contributed by atoms with Gasteiger partial charge in [-0.05, 0) is 36.2 Å². The predicted molar refractivity (Wildman–Crippen MR) is 115 cm³/mol. The molecular formula is C19H32O3S3. The number of thiol groups is 1. The molecule has 0 heterocycles. The Morgan fingerprint density at radius 2 is 2.00 bits per heavy atom. The van der Waals surface area contributed by atoms with Crippen LogP contribution in [0.25, 0.3) is 0 Å². The Bertz CT molecular complexity index is 531. The molecule has 0 aromatic carbocycles. The molecule has 2 atom stereocenters. The van der Waals surface area contributed by atoms with E-state index >= 15 is 0 Å². The lowest BCUT2D eigenvalue weighted by Gasteiger charge is -2.40. The molecule has 0 spiro atoms. The summed E-state index contributed by atoms with van der Waals surface area (Å²) in [6, 6.07) is 0. The van der Waals surface area contributed by atoms with Crippen molar-refractivity contribution >= 4 is 41.3 Å². The fourth-order valence-electron chi connectivity index (χ4n) is 3.71. The van der Waals surface area contributed by atoms with Gasteiger partial charge in [-0.1, -0.05) is 44.2 Å². The second-order valence-electron chi connectivity index (χ2n) is 7.78. The topological polar surface area (TPSA) is 57.5 Å². The summed E-state index contributed by atoms with van der Waals surface area (Å²) in [5.74, 6) is 3.41. The van der Waals surface area contributed by atoms with Gasteiger partial charge in [0.15, 0.2) is 0 Å². The van der Waals surface area contributed by atoms with Gasteiger partial charge in [-0.15, -0.1) is 0 Å². The highest BCUT2D eigenvalue weighted by molar-refractivity contribution is 8.14. The minimum Gasteiger partial charge on any atom is -0.385 e. The summed E-state index contributed by atoms with van der Waals surface area (Å²) in [7, 11) is 0. The Morgan fingerprint density at radius 3 is 2.52 bits per heavy atom. The van der Waals surface area contributed by atoms with E-state index < -0.39 is 11.7 Å².